The van der Waals surface area contributed by atoms with Crippen LogP contribution in [0.1, 0.15) is 0 Å². The molecule has 1 amide bonds. The SMILES string of the molecule is NC1C(=O)N2C(C(=O)O)=C(C[n+]3ccn4ncccc43)CS[C@H]12. The second kappa shape index (κ2) is 5.07. The molecule has 4 heterocycles. The summed E-state index contributed by atoms with van der Waals surface area (Å²) in [5.41, 5.74) is 7.36. The van der Waals surface area contributed by atoms with Crippen molar-refractivity contribution in [3.05, 3.63) is 42.0 Å². The highest BCUT2D eigenvalue weighted by molar-refractivity contribution is 8.00. The molecule has 4 rings (SSSR count). The molecule has 0 bridgehead atoms. The third-order valence-corrected chi connectivity index (χ3v) is 5.45. The Hall–Kier alpha value is -2.39. The lowest BCUT2D eigenvalue weighted by atomic mass is 10.0. The number of carboxylic acids is 1. The topological polar surface area (TPSA) is 105 Å². The number of nitrogens with zero attached hydrogens (tertiary/aromatic N) is 4. The lowest BCUT2D eigenvalue weighted by Crippen LogP contribution is -2.68. The van der Waals surface area contributed by atoms with Gasteiger partial charge in [0.05, 0.1) is 6.20 Å². The normalized spacial score (nSPS) is 23.9. The van der Waals surface area contributed by atoms with Crippen molar-refractivity contribution in [1.29, 1.82) is 0 Å². The van der Waals surface area contributed by atoms with Gasteiger partial charge in [0.1, 0.15) is 29.9 Å². The molecule has 2 aliphatic heterocycles. The maximum absolute atomic E-state index is 11.9. The molecule has 1 saturated heterocycles. The van der Waals surface area contributed by atoms with Crippen LogP contribution in [0.3, 0.4) is 0 Å². The second-order valence-electron chi connectivity index (χ2n) is 5.45. The summed E-state index contributed by atoms with van der Waals surface area (Å²) in [6.07, 6.45) is 5.33. The highest BCUT2D eigenvalue weighted by Crippen LogP contribution is 2.39. The van der Waals surface area contributed by atoms with Crippen LogP contribution in [0, 0.1) is 0 Å². The Morgan fingerprint density at radius 3 is 3.17 bits per heavy atom. The molecule has 2 aliphatic rings. The molecule has 0 aromatic carbocycles. The predicted molar refractivity (Wildman–Crippen MR) is 81.1 cm³/mol. The molecule has 2 atom stereocenters. The van der Waals surface area contributed by atoms with Gasteiger partial charge in [-0.25, -0.2) is 9.36 Å². The fraction of sp³-hybridized carbons (Fsp3) is 0.286. The number of aliphatic carboxylic acids is 1. The molecule has 0 radical (unpaired) electrons. The van der Waals surface area contributed by atoms with Crippen LogP contribution >= 0.6 is 11.8 Å². The largest absolute Gasteiger partial charge is 0.477 e. The van der Waals surface area contributed by atoms with E-state index in [0.717, 1.165) is 5.65 Å². The molecule has 0 aliphatic carbocycles. The summed E-state index contributed by atoms with van der Waals surface area (Å²) < 4.78 is 3.63. The first-order valence-electron chi connectivity index (χ1n) is 7.05. The van der Waals surface area contributed by atoms with Crippen molar-refractivity contribution in [1.82, 2.24) is 14.5 Å². The zero-order valence-corrected chi connectivity index (χ0v) is 12.8. The van der Waals surface area contributed by atoms with Crippen molar-refractivity contribution in [3.63, 3.8) is 0 Å². The molecule has 23 heavy (non-hydrogen) atoms. The van der Waals surface area contributed by atoms with Crippen molar-refractivity contribution in [2.45, 2.75) is 18.0 Å². The highest BCUT2D eigenvalue weighted by atomic mass is 32.2. The van der Waals surface area contributed by atoms with Gasteiger partial charge in [0.15, 0.2) is 6.20 Å². The maximum atomic E-state index is 11.9. The molecule has 1 unspecified atom stereocenters. The minimum atomic E-state index is -1.09. The van der Waals surface area contributed by atoms with Gasteiger partial charge < -0.3 is 10.8 Å². The van der Waals surface area contributed by atoms with Gasteiger partial charge in [-0.2, -0.15) is 0 Å². The van der Waals surface area contributed by atoms with E-state index in [2.05, 4.69) is 5.10 Å². The van der Waals surface area contributed by atoms with E-state index in [4.69, 9.17) is 5.73 Å². The highest BCUT2D eigenvalue weighted by Gasteiger charge is 2.51. The summed E-state index contributed by atoms with van der Waals surface area (Å²) in [5.74, 6) is -0.882. The van der Waals surface area contributed by atoms with Crippen LogP contribution in [0.25, 0.3) is 5.65 Å². The van der Waals surface area contributed by atoms with E-state index < -0.39 is 12.0 Å². The number of hydrogen-bond donors (Lipinski definition) is 2. The average molecular weight is 332 g/mol. The Morgan fingerprint density at radius 2 is 2.39 bits per heavy atom. The lowest BCUT2D eigenvalue weighted by molar-refractivity contribution is -0.662. The van der Waals surface area contributed by atoms with E-state index in [-0.39, 0.29) is 17.0 Å². The number of imidazole rings is 1. The smallest absolute Gasteiger partial charge is 0.352 e. The first-order chi connectivity index (χ1) is 11.1. The van der Waals surface area contributed by atoms with Gasteiger partial charge in [-0.05, 0) is 6.07 Å². The summed E-state index contributed by atoms with van der Waals surface area (Å²) in [7, 11) is 0. The van der Waals surface area contributed by atoms with E-state index in [1.807, 2.05) is 22.9 Å². The fourth-order valence-corrected chi connectivity index (χ4v) is 4.26. The van der Waals surface area contributed by atoms with Gasteiger partial charge in [0, 0.05) is 17.4 Å². The number of carboxylic acid groups (broad SMARTS) is 1. The van der Waals surface area contributed by atoms with E-state index in [1.54, 1.807) is 16.9 Å². The number of aromatic nitrogens is 3. The number of hydrogen-bond acceptors (Lipinski definition) is 5. The van der Waals surface area contributed by atoms with E-state index in [0.29, 0.717) is 17.9 Å². The van der Waals surface area contributed by atoms with Crippen LogP contribution in [-0.4, -0.2) is 48.7 Å². The van der Waals surface area contributed by atoms with Crippen LogP contribution < -0.4 is 10.3 Å². The molecule has 0 spiro atoms. The standard InChI is InChI=1S/C14H13N5O3S/c15-10-12(20)19-11(14(21)22)8(7-23-13(10)19)6-17-4-5-18-9(17)2-1-3-16-18/h1-5,10,13H,6-7,15H2/p+1/t10?,13-/m1/s1. The van der Waals surface area contributed by atoms with Crippen molar-refractivity contribution >= 4 is 29.3 Å². The second-order valence-corrected chi connectivity index (χ2v) is 6.55. The molecule has 0 saturated carbocycles. The number of thioether (sulfide) groups is 1. The Bertz CT molecular complexity index is 861. The lowest BCUT2D eigenvalue weighted by Gasteiger charge is -2.47. The van der Waals surface area contributed by atoms with Crippen molar-refractivity contribution in [3.8, 4) is 0 Å². The fourth-order valence-electron chi connectivity index (χ4n) is 2.98. The monoisotopic (exact) mass is 332 g/mol. The van der Waals surface area contributed by atoms with Crippen LogP contribution in [0.2, 0.25) is 0 Å². The molecule has 1 fully saturated rings. The molecule has 8 nitrogen and oxygen atoms in total. The van der Waals surface area contributed by atoms with Crippen LogP contribution in [-0.2, 0) is 16.1 Å². The van der Waals surface area contributed by atoms with Crippen LogP contribution in [0.4, 0.5) is 0 Å². The summed E-state index contributed by atoms with van der Waals surface area (Å²) in [6, 6.07) is 3.11. The van der Waals surface area contributed by atoms with Crippen LogP contribution in [0.5, 0.6) is 0 Å². The summed E-state index contributed by atoms with van der Waals surface area (Å²) >= 11 is 1.50. The number of fused-ring (bicyclic) bond motifs is 2. The Kier molecular flexibility index (Phi) is 3.13. The van der Waals surface area contributed by atoms with Gasteiger partial charge in [0.2, 0.25) is 5.91 Å². The van der Waals surface area contributed by atoms with E-state index in [9.17, 15) is 14.7 Å². The Labute approximate surface area is 135 Å². The average Bonchev–Trinajstić information content (AvgIpc) is 2.96. The minimum Gasteiger partial charge on any atom is -0.477 e. The Balaban J connectivity index is 1.74. The number of carbonyl (C=O) groups excluding carboxylic acids is 1. The Morgan fingerprint density at radius 1 is 1.57 bits per heavy atom. The van der Waals surface area contributed by atoms with Gasteiger partial charge in [0.25, 0.3) is 0 Å². The molecular formula is C14H14N5O3S+. The van der Waals surface area contributed by atoms with Gasteiger partial charge >= 0.3 is 11.6 Å². The summed E-state index contributed by atoms with van der Waals surface area (Å²) in [5, 5.41) is 13.5. The molecule has 3 N–H and O–H groups in total. The maximum Gasteiger partial charge on any atom is 0.352 e. The first kappa shape index (κ1) is 14.2. The molecule has 2 aromatic heterocycles. The van der Waals surface area contributed by atoms with Gasteiger partial charge in [-0.1, -0.05) is 5.10 Å². The van der Waals surface area contributed by atoms with Crippen molar-refractivity contribution < 1.29 is 19.3 Å². The van der Waals surface area contributed by atoms with Gasteiger partial charge in [-0.3, -0.25) is 9.69 Å². The number of rotatable bonds is 3. The molecular weight excluding hydrogens is 318 g/mol. The summed E-state index contributed by atoms with van der Waals surface area (Å²) in [6.45, 7) is 0.391. The van der Waals surface area contributed by atoms with Crippen LogP contribution in [0.15, 0.2) is 42.0 Å². The molecule has 2 aromatic rings. The van der Waals surface area contributed by atoms with Gasteiger partial charge in [-0.15, -0.1) is 16.3 Å². The molecule has 118 valence electrons. The molecule has 9 heteroatoms. The zero-order chi connectivity index (χ0) is 16.1. The number of β-lactam (4-membered cyclic amide) rings is 1. The quantitative estimate of drug-likeness (QED) is 0.563. The third kappa shape index (κ3) is 2.04. The number of amides is 1. The van der Waals surface area contributed by atoms with E-state index >= 15 is 0 Å². The van der Waals surface area contributed by atoms with E-state index in [1.165, 1.54) is 16.7 Å². The number of nitrogens with two attached hydrogens (primary N) is 1. The zero-order valence-electron chi connectivity index (χ0n) is 12.0. The van der Waals surface area contributed by atoms with Crippen molar-refractivity contribution in [2.75, 3.05) is 5.75 Å². The minimum absolute atomic E-state index is 0.0659. The summed E-state index contributed by atoms with van der Waals surface area (Å²) in [4.78, 5) is 24.9. The predicted octanol–water partition coefficient (Wildman–Crippen LogP) is -0.797. The number of carbonyl (C=O) groups is 2. The third-order valence-electron chi connectivity index (χ3n) is 4.09. The van der Waals surface area contributed by atoms with Crippen molar-refractivity contribution in [2.24, 2.45) is 5.73 Å². The first-order valence-corrected chi connectivity index (χ1v) is 8.10.